The molecule has 0 spiro atoms. The number of carbonyl (C=O) groups is 1. The fraction of sp³-hybridized carbons (Fsp3) is 0.917. The van der Waals surface area contributed by atoms with Gasteiger partial charge in [-0.3, -0.25) is 4.79 Å². The average molecular weight is 244 g/mol. The maximum atomic E-state index is 12.0. The molecular weight excluding hydrogens is 220 g/mol. The number of hydrogen-bond acceptors (Lipinski definition) is 4. The summed E-state index contributed by atoms with van der Waals surface area (Å²) in [6.07, 6.45) is 2.18. The van der Waals surface area contributed by atoms with Crippen LogP contribution in [0.2, 0.25) is 0 Å². The molecule has 0 bridgehead atoms. The Labute approximate surface area is 103 Å². The van der Waals surface area contributed by atoms with E-state index in [1.807, 2.05) is 0 Å². The van der Waals surface area contributed by atoms with E-state index in [9.17, 15) is 4.79 Å². The molecule has 3 atom stereocenters. The van der Waals surface area contributed by atoms with Crippen molar-refractivity contribution in [2.45, 2.75) is 31.9 Å². The minimum Gasteiger partial charge on any atom is -0.382 e. The van der Waals surface area contributed by atoms with Crippen molar-refractivity contribution in [1.29, 1.82) is 0 Å². The number of nitrogens with one attached hydrogen (secondary N) is 2. The highest BCUT2D eigenvalue weighted by molar-refractivity contribution is 5.82. The van der Waals surface area contributed by atoms with Gasteiger partial charge in [0.25, 0.3) is 0 Å². The van der Waals surface area contributed by atoms with E-state index >= 15 is 0 Å². The Morgan fingerprint density at radius 2 is 2.29 bits per heavy atom. The molecule has 1 saturated heterocycles. The van der Waals surface area contributed by atoms with Crippen LogP contribution in [0.4, 0.5) is 0 Å². The largest absolute Gasteiger partial charge is 0.382 e. The van der Waals surface area contributed by atoms with E-state index in [4.69, 9.17) is 9.47 Å². The van der Waals surface area contributed by atoms with Crippen LogP contribution in [-0.2, 0) is 14.3 Å². The molecule has 1 aliphatic heterocycles. The highest BCUT2D eigenvalue weighted by atomic mass is 16.5. The SMILES string of the molecule is COCC(CNC(=O)C1NCCCC1C)OC. The molecule has 1 aliphatic rings. The van der Waals surface area contributed by atoms with Crippen LogP contribution in [0.1, 0.15) is 19.8 Å². The molecule has 3 unspecified atom stereocenters. The van der Waals surface area contributed by atoms with E-state index in [0.717, 1.165) is 19.4 Å². The molecule has 0 aromatic carbocycles. The van der Waals surface area contributed by atoms with Gasteiger partial charge < -0.3 is 20.1 Å². The molecule has 100 valence electrons. The van der Waals surface area contributed by atoms with Gasteiger partial charge in [-0.05, 0) is 25.3 Å². The lowest BCUT2D eigenvalue weighted by Crippen LogP contribution is -2.52. The number of carbonyl (C=O) groups excluding carboxylic acids is 1. The lowest BCUT2D eigenvalue weighted by atomic mass is 9.92. The second-order valence-corrected chi connectivity index (χ2v) is 4.61. The molecule has 1 fully saturated rings. The minimum absolute atomic E-state index is 0.0651. The number of methoxy groups -OCH3 is 2. The highest BCUT2D eigenvalue weighted by Gasteiger charge is 2.27. The molecule has 1 amide bonds. The van der Waals surface area contributed by atoms with Gasteiger partial charge in [0.2, 0.25) is 5.91 Å². The van der Waals surface area contributed by atoms with Crippen molar-refractivity contribution < 1.29 is 14.3 Å². The van der Waals surface area contributed by atoms with E-state index in [-0.39, 0.29) is 18.1 Å². The van der Waals surface area contributed by atoms with Crippen LogP contribution >= 0.6 is 0 Å². The molecule has 0 radical (unpaired) electrons. The number of ether oxygens (including phenoxy) is 2. The predicted octanol–water partition coefficient (Wildman–Crippen LogP) is 0.152. The van der Waals surface area contributed by atoms with E-state index in [2.05, 4.69) is 17.6 Å². The van der Waals surface area contributed by atoms with Crippen molar-refractivity contribution in [3.63, 3.8) is 0 Å². The van der Waals surface area contributed by atoms with E-state index in [1.165, 1.54) is 0 Å². The first-order valence-corrected chi connectivity index (χ1v) is 6.21. The summed E-state index contributed by atoms with van der Waals surface area (Å²) in [5, 5.41) is 6.17. The zero-order valence-corrected chi connectivity index (χ0v) is 11.0. The second kappa shape index (κ2) is 7.63. The van der Waals surface area contributed by atoms with Crippen LogP contribution in [0, 0.1) is 5.92 Å². The summed E-state index contributed by atoms with van der Waals surface area (Å²) in [6, 6.07) is -0.0659. The van der Waals surface area contributed by atoms with Crippen molar-refractivity contribution in [1.82, 2.24) is 10.6 Å². The summed E-state index contributed by atoms with van der Waals surface area (Å²) in [4.78, 5) is 12.0. The van der Waals surface area contributed by atoms with Gasteiger partial charge in [-0.1, -0.05) is 6.92 Å². The van der Waals surface area contributed by atoms with Crippen LogP contribution in [0.5, 0.6) is 0 Å². The Balaban J connectivity index is 2.32. The third-order valence-electron chi connectivity index (χ3n) is 3.24. The van der Waals surface area contributed by atoms with E-state index < -0.39 is 0 Å². The summed E-state index contributed by atoms with van der Waals surface area (Å²) < 4.78 is 10.2. The van der Waals surface area contributed by atoms with Crippen molar-refractivity contribution in [2.24, 2.45) is 5.92 Å². The first kappa shape index (κ1) is 14.4. The number of hydrogen-bond donors (Lipinski definition) is 2. The molecule has 1 rings (SSSR count). The number of rotatable bonds is 6. The summed E-state index contributed by atoms with van der Waals surface area (Å²) >= 11 is 0. The van der Waals surface area contributed by atoms with Gasteiger partial charge in [0.05, 0.1) is 18.8 Å². The van der Waals surface area contributed by atoms with E-state index in [1.54, 1.807) is 14.2 Å². The Kier molecular flexibility index (Phi) is 6.47. The standard InChI is InChI=1S/C12H24N2O3/c1-9-5-4-6-13-11(9)12(15)14-7-10(17-3)8-16-2/h9-11,13H,4-8H2,1-3H3,(H,14,15). The third kappa shape index (κ3) is 4.61. The molecule has 5 nitrogen and oxygen atoms in total. The zero-order valence-electron chi connectivity index (χ0n) is 11.0. The maximum Gasteiger partial charge on any atom is 0.237 e. The fourth-order valence-corrected chi connectivity index (χ4v) is 2.12. The third-order valence-corrected chi connectivity index (χ3v) is 3.24. The Bertz CT molecular complexity index is 236. The van der Waals surface area contributed by atoms with Gasteiger partial charge in [0, 0.05) is 20.8 Å². The Hall–Kier alpha value is -0.650. The average Bonchev–Trinajstić information content (AvgIpc) is 2.34. The normalized spacial score (nSPS) is 26.5. The molecule has 5 heteroatoms. The van der Waals surface area contributed by atoms with Crippen molar-refractivity contribution in [3.8, 4) is 0 Å². The maximum absolute atomic E-state index is 12.0. The Morgan fingerprint density at radius 1 is 1.53 bits per heavy atom. The van der Waals surface area contributed by atoms with Gasteiger partial charge in [0.1, 0.15) is 0 Å². The van der Waals surface area contributed by atoms with Gasteiger partial charge in [-0.2, -0.15) is 0 Å². The molecule has 0 aromatic heterocycles. The smallest absolute Gasteiger partial charge is 0.237 e. The molecule has 1 heterocycles. The monoisotopic (exact) mass is 244 g/mol. The number of amides is 1. The van der Waals surface area contributed by atoms with Crippen molar-refractivity contribution in [2.75, 3.05) is 33.9 Å². The van der Waals surface area contributed by atoms with Crippen LogP contribution < -0.4 is 10.6 Å². The lowest BCUT2D eigenvalue weighted by Gasteiger charge is -2.29. The summed E-state index contributed by atoms with van der Waals surface area (Å²) in [5.41, 5.74) is 0. The van der Waals surface area contributed by atoms with Crippen molar-refractivity contribution >= 4 is 5.91 Å². The zero-order chi connectivity index (χ0) is 12.7. The molecule has 0 aliphatic carbocycles. The topological polar surface area (TPSA) is 59.6 Å². The molecule has 2 N–H and O–H groups in total. The minimum atomic E-state index is -0.0807. The van der Waals surface area contributed by atoms with Crippen molar-refractivity contribution in [3.05, 3.63) is 0 Å². The first-order chi connectivity index (χ1) is 8.19. The van der Waals surface area contributed by atoms with Crippen LogP contribution in [0.25, 0.3) is 0 Å². The van der Waals surface area contributed by atoms with E-state index in [0.29, 0.717) is 19.1 Å². The van der Waals surface area contributed by atoms with Crippen LogP contribution in [0.3, 0.4) is 0 Å². The molecular formula is C12H24N2O3. The fourth-order valence-electron chi connectivity index (χ4n) is 2.12. The highest BCUT2D eigenvalue weighted by Crippen LogP contribution is 2.15. The van der Waals surface area contributed by atoms with Gasteiger partial charge in [0.15, 0.2) is 0 Å². The molecule has 17 heavy (non-hydrogen) atoms. The Morgan fingerprint density at radius 3 is 2.88 bits per heavy atom. The van der Waals surface area contributed by atoms with Crippen LogP contribution in [0.15, 0.2) is 0 Å². The first-order valence-electron chi connectivity index (χ1n) is 6.21. The molecule has 0 saturated carbocycles. The summed E-state index contributed by atoms with van der Waals surface area (Å²) in [7, 11) is 3.25. The quantitative estimate of drug-likeness (QED) is 0.698. The van der Waals surface area contributed by atoms with Crippen LogP contribution in [-0.4, -0.2) is 52.0 Å². The van der Waals surface area contributed by atoms with Gasteiger partial charge in [-0.15, -0.1) is 0 Å². The second-order valence-electron chi connectivity index (χ2n) is 4.61. The molecule has 0 aromatic rings. The van der Waals surface area contributed by atoms with Gasteiger partial charge >= 0.3 is 0 Å². The summed E-state index contributed by atoms with van der Waals surface area (Å²) in [5.74, 6) is 0.461. The van der Waals surface area contributed by atoms with Gasteiger partial charge in [-0.25, -0.2) is 0 Å². The predicted molar refractivity (Wildman–Crippen MR) is 65.9 cm³/mol. The lowest BCUT2D eigenvalue weighted by molar-refractivity contribution is -0.125. The number of piperidine rings is 1. The summed E-state index contributed by atoms with van der Waals surface area (Å²) in [6.45, 7) is 4.02.